The van der Waals surface area contributed by atoms with Crippen molar-refractivity contribution in [1.29, 1.82) is 0 Å². The lowest BCUT2D eigenvalue weighted by molar-refractivity contribution is -0.118. The first kappa shape index (κ1) is 16.6. The van der Waals surface area contributed by atoms with Crippen LogP contribution in [0.15, 0.2) is 0 Å². The number of rotatable bonds is 7. The van der Waals surface area contributed by atoms with E-state index in [1.165, 1.54) is 0 Å². The van der Waals surface area contributed by atoms with E-state index in [1.807, 2.05) is 6.92 Å². The average molecular weight is 273 g/mol. The van der Waals surface area contributed by atoms with E-state index < -0.39 is 23.9 Å². The van der Waals surface area contributed by atoms with Crippen molar-refractivity contribution in [3.63, 3.8) is 0 Å². The van der Waals surface area contributed by atoms with Gasteiger partial charge in [0.15, 0.2) is 0 Å². The van der Waals surface area contributed by atoms with E-state index in [9.17, 15) is 18.0 Å². The molecule has 0 fully saturated rings. The molecule has 0 aliphatic carbocycles. The summed E-state index contributed by atoms with van der Waals surface area (Å²) in [6.07, 6.45) is -4.12. The van der Waals surface area contributed by atoms with Crippen molar-refractivity contribution in [2.24, 2.45) is 5.92 Å². The molecule has 7 heteroatoms. The van der Waals surface area contributed by atoms with Crippen molar-refractivity contribution in [2.45, 2.75) is 32.5 Å². The van der Waals surface area contributed by atoms with Crippen LogP contribution in [0.5, 0.6) is 0 Å². The number of carbonyl (C=O) groups excluding carboxylic acids is 1. The first-order valence-electron chi connectivity index (χ1n) is 5.30. The van der Waals surface area contributed by atoms with E-state index in [-0.39, 0.29) is 11.7 Å². The summed E-state index contributed by atoms with van der Waals surface area (Å²) in [6.45, 7) is 3.88. The van der Waals surface area contributed by atoms with E-state index in [4.69, 9.17) is 5.11 Å². The molecule has 3 nitrogen and oxygen atoms in total. The van der Waals surface area contributed by atoms with Crippen LogP contribution >= 0.6 is 11.8 Å². The number of hydrogen-bond acceptors (Lipinski definition) is 3. The number of amides is 1. The van der Waals surface area contributed by atoms with Gasteiger partial charge in [0.05, 0.1) is 17.6 Å². The van der Waals surface area contributed by atoms with Gasteiger partial charge in [-0.2, -0.15) is 13.2 Å². The summed E-state index contributed by atoms with van der Waals surface area (Å²) < 4.78 is 35.3. The van der Waals surface area contributed by atoms with Crippen LogP contribution in [0.4, 0.5) is 13.2 Å². The van der Waals surface area contributed by atoms with Crippen LogP contribution in [0.1, 0.15) is 20.3 Å². The minimum Gasteiger partial charge on any atom is -0.393 e. The summed E-state index contributed by atoms with van der Waals surface area (Å²) in [5.74, 6) is -1.51. The number of aliphatic hydroxyl groups excluding tert-OH is 1. The van der Waals surface area contributed by atoms with Gasteiger partial charge in [-0.15, -0.1) is 11.8 Å². The molecule has 0 radical (unpaired) electrons. The van der Waals surface area contributed by atoms with Crippen LogP contribution in [0.3, 0.4) is 0 Å². The van der Waals surface area contributed by atoms with Gasteiger partial charge in [-0.05, 0) is 19.3 Å². The van der Waals surface area contributed by atoms with Crippen molar-refractivity contribution in [3.05, 3.63) is 0 Å². The highest BCUT2D eigenvalue weighted by atomic mass is 32.2. The Balaban J connectivity index is 3.60. The molecule has 102 valence electrons. The molecule has 0 saturated carbocycles. The molecule has 0 bridgehead atoms. The van der Waals surface area contributed by atoms with E-state index in [2.05, 4.69) is 5.32 Å². The Morgan fingerprint density at radius 1 is 1.41 bits per heavy atom. The Morgan fingerprint density at radius 3 is 2.47 bits per heavy atom. The van der Waals surface area contributed by atoms with Gasteiger partial charge in [-0.3, -0.25) is 4.79 Å². The van der Waals surface area contributed by atoms with Gasteiger partial charge in [0, 0.05) is 6.54 Å². The zero-order valence-electron chi connectivity index (χ0n) is 9.88. The minimum absolute atomic E-state index is 0.103. The summed E-state index contributed by atoms with van der Waals surface area (Å²) in [7, 11) is 0. The third-order valence-corrected chi connectivity index (χ3v) is 2.89. The summed E-state index contributed by atoms with van der Waals surface area (Å²) in [6, 6.07) is 0. The second-order valence-electron chi connectivity index (χ2n) is 4.10. The number of thioether (sulfide) groups is 1. The van der Waals surface area contributed by atoms with Crippen molar-refractivity contribution >= 4 is 17.7 Å². The van der Waals surface area contributed by atoms with Crippen molar-refractivity contribution in [2.75, 3.05) is 18.1 Å². The lowest BCUT2D eigenvalue weighted by Crippen LogP contribution is -2.31. The highest BCUT2D eigenvalue weighted by Gasteiger charge is 2.27. The molecule has 0 heterocycles. The standard InChI is InChI=1S/C10H18F3NO2S/c1-7(3-8(2)15)4-14-9(16)5-17-6-10(11,12)13/h7-8,15H,3-6H2,1-2H3,(H,14,16). The van der Waals surface area contributed by atoms with Crippen LogP contribution < -0.4 is 5.32 Å². The Bertz CT molecular complexity index is 234. The Labute approximate surface area is 103 Å². The van der Waals surface area contributed by atoms with E-state index in [1.54, 1.807) is 6.92 Å². The second kappa shape index (κ2) is 7.81. The van der Waals surface area contributed by atoms with Crippen LogP contribution in [-0.2, 0) is 4.79 Å². The van der Waals surface area contributed by atoms with Gasteiger partial charge in [-0.25, -0.2) is 0 Å². The van der Waals surface area contributed by atoms with Crippen molar-refractivity contribution in [3.8, 4) is 0 Å². The number of alkyl halides is 3. The molecule has 0 rings (SSSR count). The lowest BCUT2D eigenvalue weighted by Gasteiger charge is -2.14. The molecule has 0 aromatic heterocycles. The fourth-order valence-electron chi connectivity index (χ4n) is 1.26. The van der Waals surface area contributed by atoms with Crippen molar-refractivity contribution in [1.82, 2.24) is 5.32 Å². The molecule has 17 heavy (non-hydrogen) atoms. The van der Waals surface area contributed by atoms with Gasteiger partial charge in [0.2, 0.25) is 5.91 Å². The normalized spacial score (nSPS) is 15.4. The number of aliphatic hydroxyl groups is 1. The fourth-order valence-corrected chi connectivity index (χ4v) is 1.89. The average Bonchev–Trinajstić information content (AvgIpc) is 2.11. The third kappa shape index (κ3) is 11.8. The third-order valence-electron chi connectivity index (χ3n) is 1.89. The molecule has 0 aliphatic heterocycles. The molecule has 1 amide bonds. The molecule has 2 N–H and O–H groups in total. The molecule has 2 atom stereocenters. The first-order chi connectivity index (χ1) is 7.70. The molecular weight excluding hydrogens is 255 g/mol. The van der Waals surface area contributed by atoms with Gasteiger partial charge in [0.25, 0.3) is 0 Å². The van der Waals surface area contributed by atoms with E-state index in [0.717, 1.165) is 0 Å². The molecule has 0 aromatic carbocycles. The Morgan fingerprint density at radius 2 is 2.00 bits per heavy atom. The van der Waals surface area contributed by atoms with E-state index in [0.29, 0.717) is 24.7 Å². The maximum Gasteiger partial charge on any atom is 0.397 e. The predicted molar refractivity (Wildman–Crippen MR) is 61.9 cm³/mol. The fraction of sp³-hybridized carbons (Fsp3) is 0.900. The van der Waals surface area contributed by atoms with Crippen molar-refractivity contribution < 1.29 is 23.1 Å². The molecule has 2 unspecified atom stereocenters. The maximum atomic E-state index is 11.8. The highest BCUT2D eigenvalue weighted by Crippen LogP contribution is 2.20. The van der Waals surface area contributed by atoms with Gasteiger partial charge in [-0.1, -0.05) is 6.92 Å². The summed E-state index contributed by atoms with van der Waals surface area (Å²) >= 11 is 0.547. The van der Waals surface area contributed by atoms with E-state index >= 15 is 0 Å². The van der Waals surface area contributed by atoms with Gasteiger partial charge >= 0.3 is 6.18 Å². The molecule has 0 aliphatic rings. The van der Waals surface area contributed by atoms with Crippen LogP contribution in [-0.4, -0.2) is 41.3 Å². The zero-order chi connectivity index (χ0) is 13.5. The van der Waals surface area contributed by atoms with Crippen LogP contribution in [0, 0.1) is 5.92 Å². The first-order valence-corrected chi connectivity index (χ1v) is 6.45. The lowest BCUT2D eigenvalue weighted by atomic mass is 10.1. The van der Waals surface area contributed by atoms with Gasteiger partial charge in [0.1, 0.15) is 0 Å². The largest absolute Gasteiger partial charge is 0.397 e. The molecule has 0 spiro atoms. The number of carbonyl (C=O) groups is 1. The Kier molecular flexibility index (Phi) is 7.61. The second-order valence-corrected chi connectivity index (χ2v) is 5.09. The Hall–Kier alpha value is -0.430. The van der Waals surface area contributed by atoms with Crippen LogP contribution in [0.25, 0.3) is 0 Å². The quantitative estimate of drug-likeness (QED) is 0.743. The zero-order valence-corrected chi connectivity index (χ0v) is 10.7. The summed E-state index contributed by atoms with van der Waals surface area (Å²) in [5, 5.41) is 11.6. The highest BCUT2D eigenvalue weighted by molar-refractivity contribution is 8.00. The molecular formula is C10H18F3NO2S. The predicted octanol–water partition coefficient (Wildman–Crippen LogP) is 1.81. The van der Waals surface area contributed by atoms with Gasteiger partial charge < -0.3 is 10.4 Å². The maximum absolute atomic E-state index is 11.8. The number of halogens is 3. The summed E-state index contributed by atoms with van der Waals surface area (Å²) in [5.41, 5.74) is 0. The van der Waals surface area contributed by atoms with Crippen LogP contribution in [0.2, 0.25) is 0 Å². The number of hydrogen-bond donors (Lipinski definition) is 2. The molecule has 0 saturated heterocycles. The minimum atomic E-state index is -4.23. The topological polar surface area (TPSA) is 49.3 Å². The molecule has 0 aromatic rings. The number of nitrogens with one attached hydrogen (secondary N) is 1. The summed E-state index contributed by atoms with van der Waals surface area (Å²) in [4.78, 5) is 11.2. The monoisotopic (exact) mass is 273 g/mol. The smallest absolute Gasteiger partial charge is 0.393 e. The SMILES string of the molecule is CC(O)CC(C)CNC(=O)CSCC(F)(F)F.